The summed E-state index contributed by atoms with van der Waals surface area (Å²) in [5, 5.41) is 3.75. The Morgan fingerprint density at radius 1 is 1.12 bits per heavy atom. The van der Waals surface area contributed by atoms with Crippen molar-refractivity contribution in [1.29, 1.82) is 0 Å². The van der Waals surface area contributed by atoms with Crippen LogP contribution < -0.4 is 5.32 Å². The summed E-state index contributed by atoms with van der Waals surface area (Å²) in [4.78, 5) is 0. The Balaban J connectivity index is 4.01. The van der Waals surface area contributed by atoms with Gasteiger partial charge >= 0.3 is 0 Å². The second-order valence-corrected chi connectivity index (χ2v) is 4.92. The molecule has 2 heteroatoms. The smallest absolute Gasteiger partial charge is 0.0622 e. The molecule has 0 aromatic heterocycles. The Hall–Kier alpha value is -0.0800. The molecule has 0 heterocycles. The maximum atomic E-state index is 5.54. The van der Waals surface area contributed by atoms with Gasteiger partial charge in [-0.05, 0) is 25.7 Å². The minimum absolute atomic E-state index is 0.502. The SMILES string of the molecule is CCCCC(CC)NC(COCC)C(C)C. The maximum absolute atomic E-state index is 5.54. The lowest BCUT2D eigenvalue weighted by Crippen LogP contribution is -2.44. The van der Waals surface area contributed by atoms with Crippen molar-refractivity contribution >= 4 is 0 Å². The normalized spacial score (nSPS) is 15.4. The summed E-state index contributed by atoms with van der Waals surface area (Å²) >= 11 is 0. The van der Waals surface area contributed by atoms with E-state index in [4.69, 9.17) is 4.74 Å². The molecular weight excluding hydrogens is 198 g/mol. The van der Waals surface area contributed by atoms with Crippen LogP contribution in [0.25, 0.3) is 0 Å². The lowest BCUT2D eigenvalue weighted by Gasteiger charge is -2.27. The first-order chi connectivity index (χ1) is 7.65. The zero-order valence-corrected chi connectivity index (χ0v) is 11.9. The van der Waals surface area contributed by atoms with Crippen LogP contribution in [-0.2, 0) is 4.74 Å². The van der Waals surface area contributed by atoms with E-state index in [1.807, 2.05) is 0 Å². The molecule has 0 rings (SSSR count). The van der Waals surface area contributed by atoms with Crippen LogP contribution in [0.4, 0.5) is 0 Å². The molecule has 0 aromatic rings. The number of nitrogens with one attached hydrogen (secondary N) is 1. The predicted octanol–water partition coefficient (Wildman–Crippen LogP) is 3.61. The van der Waals surface area contributed by atoms with E-state index in [1.54, 1.807) is 0 Å². The van der Waals surface area contributed by atoms with Gasteiger partial charge in [0.25, 0.3) is 0 Å². The first-order valence-corrected chi connectivity index (χ1v) is 6.99. The largest absolute Gasteiger partial charge is 0.380 e. The Labute approximate surface area is 102 Å². The third-order valence-corrected chi connectivity index (χ3v) is 3.15. The zero-order valence-electron chi connectivity index (χ0n) is 11.9. The van der Waals surface area contributed by atoms with Gasteiger partial charge < -0.3 is 10.1 Å². The molecule has 0 aliphatic rings. The fourth-order valence-corrected chi connectivity index (χ4v) is 1.84. The molecule has 0 amide bonds. The molecule has 0 fully saturated rings. The van der Waals surface area contributed by atoms with Crippen molar-refractivity contribution < 1.29 is 4.74 Å². The van der Waals surface area contributed by atoms with E-state index in [1.165, 1.54) is 25.7 Å². The average Bonchev–Trinajstić information content (AvgIpc) is 2.28. The van der Waals surface area contributed by atoms with Crippen molar-refractivity contribution in [3.8, 4) is 0 Å². The highest BCUT2D eigenvalue weighted by Crippen LogP contribution is 2.09. The van der Waals surface area contributed by atoms with Crippen molar-refractivity contribution in [3.63, 3.8) is 0 Å². The Kier molecular flexibility index (Phi) is 10.0. The molecule has 2 nitrogen and oxygen atoms in total. The number of hydrogen-bond acceptors (Lipinski definition) is 2. The first-order valence-electron chi connectivity index (χ1n) is 6.99. The standard InChI is InChI=1S/C14H31NO/c1-6-9-10-13(7-2)15-14(12(4)5)11-16-8-3/h12-15H,6-11H2,1-5H3. The molecule has 0 spiro atoms. The van der Waals surface area contributed by atoms with Crippen molar-refractivity contribution in [1.82, 2.24) is 5.32 Å². The van der Waals surface area contributed by atoms with Gasteiger partial charge in [-0.25, -0.2) is 0 Å². The summed E-state index contributed by atoms with van der Waals surface area (Å²) in [5.74, 6) is 0.641. The van der Waals surface area contributed by atoms with Crippen LogP contribution in [0, 0.1) is 5.92 Å². The van der Waals surface area contributed by atoms with E-state index in [9.17, 15) is 0 Å². The van der Waals surface area contributed by atoms with Crippen molar-refractivity contribution in [3.05, 3.63) is 0 Å². The molecule has 0 saturated heterocycles. The molecule has 0 saturated carbocycles. The summed E-state index contributed by atoms with van der Waals surface area (Å²) in [6.07, 6.45) is 5.12. The molecule has 98 valence electrons. The zero-order chi connectivity index (χ0) is 12.4. The van der Waals surface area contributed by atoms with Gasteiger partial charge in [0, 0.05) is 18.7 Å². The summed E-state index contributed by atoms with van der Waals surface area (Å²) < 4.78 is 5.54. The van der Waals surface area contributed by atoms with Gasteiger partial charge in [0.05, 0.1) is 6.61 Å². The fourth-order valence-electron chi connectivity index (χ4n) is 1.84. The monoisotopic (exact) mass is 229 g/mol. The van der Waals surface area contributed by atoms with Crippen LogP contribution in [0.1, 0.15) is 60.3 Å². The third kappa shape index (κ3) is 7.24. The Morgan fingerprint density at radius 3 is 2.25 bits per heavy atom. The number of rotatable bonds is 10. The summed E-state index contributed by atoms with van der Waals surface area (Å²) in [5.41, 5.74) is 0. The van der Waals surface area contributed by atoms with Crippen LogP contribution in [0.2, 0.25) is 0 Å². The second-order valence-electron chi connectivity index (χ2n) is 4.92. The van der Waals surface area contributed by atoms with Gasteiger partial charge in [0.15, 0.2) is 0 Å². The Morgan fingerprint density at radius 2 is 1.81 bits per heavy atom. The van der Waals surface area contributed by atoms with Crippen LogP contribution in [-0.4, -0.2) is 25.3 Å². The lowest BCUT2D eigenvalue weighted by molar-refractivity contribution is 0.102. The molecule has 0 aromatic carbocycles. The van der Waals surface area contributed by atoms with Crippen LogP contribution >= 0.6 is 0 Å². The number of unbranched alkanes of at least 4 members (excludes halogenated alkanes) is 1. The number of hydrogen-bond donors (Lipinski definition) is 1. The number of ether oxygens (including phenoxy) is 1. The third-order valence-electron chi connectivity index (χ3n) is 3.15. The van der Waals surface area contributed by atoms with Crippen molar-refractivity contribution in [2.75, 3.05) is 13.2 Å². The minimum atomic E-state index is 0.502. The van der Waals surface area contributed by atoms with E-state index in [0.29, 0.717) is 18.0 Å². The van der Waals surface area contributed by atoms with Crippen LogP contribution in [0.15, 0.2) is 0 Å². The van der Waals surface area contributed by atoms with E-state index in [0.717, 1.165) is 13.2 Å². The quantitative estimate of drug-likeness (QED) is 0.618. The lowest BCUT2D eigenvalue weighted by atomic mass is 10.0. The van der Waals surface area contributed by atoms with Gasteiger partial charge in [-0.1, -0.05) is 40.5 Å². The molecule has 0 radical (unpaired) electrons. The molecule has 0 bridgehead atoms. The van der Waals surface area contributed by atoms with E-state index in [-0.39, 0.29) is 0 Å². The molecule has 1 N–H and O–H groups in total. The average molecular weight is 229 g/mol. The van der Waals surface area contributed by atoms with Crippen LogP contribution in [0.3, 0.4) is 0 Å². The summed E-state index contributed by atoms with van der Waals surface area (Å²) in [6, 6.07) is 1.16. The first kappa shape index (κ1) is 15.9. The van der Waals surface area contributed by atoms with E-state index < -0.39 is 0 Å². The molecule has 2 atom stereocenters. The maximum Gasteiger partial charge on any atom is 0.0622 e. The van der Waals surface area contributed by atoms with Gasteiger partial charge in [0.1, 0.15) is 0 Å². The molecule has 2 unspecified atom stereocenters. The highest BCUT2D eigenvalue weighted by atomic mass is 16.5. The predicted molar refractivity (Wildman–Crippen MR) is 71.9 cm³/mol. The molecule has 16 heavy (non-hydrogen) atoms. The summed E-state index contributed by atoms with van der Waals surface area (Å²) in [6.45, 7) is 12.8. The van der Waals surface area contributed by atoms with Crippen LogP contribution in [0.5, 0.6) is 0 Å². The minimum Gasteiger partial charge on any atom is -0.380 e. The van der Waals surface area contributed by atoms with Gasteiger partial charge in [-0.3, -0.25) is 0 Å². The topological polar surface area (TPSA) is 21.3 Å². The second kappa shape index (κ2) is 10.1. The molecular formula is C14H31NO. The van der Waals surface area contributed by atoms with Gasteiger partial charge in [-0.2, -0.15) is 0 Å². The van der Waals surface area contributed by atoms with Gasteiger partial charge in [-0.15, -0.1) is 0 Å². The fraction of sp³-hybridized carbons (Fsp3) is 1.00. The Bertz CT molecular complexity index is 148. The molecule has 0 aliphatic carbocycles. The summed E-state index contributed by atoms with van der Waals surface area (Å²) in [7, 11) is 0. The van der Waals surface area contributed by atoms with Crippen molar-refractivity contribution in [2.24, 2.45) is 5.92 Å². The van der Waals surface area contributed by atoms with E-state index >= 15 is 0 Å². The highest BCUT2D eigenvalue weighted by Gasteiger charge is 2.16. The van der Waals surface area contributed by atoms with E-state index in [2.05, 4.69) is 39.9 Å². The van der Waals surface area contributed by atoms with Gasteiger partial charge in [0.2, 0.25) is 0 Å². The highest BCUT2D eigenvalue weighted by molar-refractivity contribution is 4.76. The molecule has 0 aliphatic heterocycles. The van der Waals surface area contributed by atoms with Crippen molar-refractivity contribution in [2.45, 2.75) is 72.4 Å².